The van der Waals surface area contributed by atoms with Crippen molar-refractivity contribution in [3.05, 3.63) is 115 Å². The van der Waals surface area contributed by atoms with Crippen LogP contribution in [-0.2, 0) is 11.4 Å². The van der Waals surface area contributed by atoms with Crippen molar-refractivity contribution in [2.75, 3.05) is 5.32 Å². The van der Waals surface area contributed by atoms with Gasteiger partial charge in [0.05, 0.1) is 0 Å². The Balaban J connectivity index is 1.28. The van der Waals surface area contributed by atoms with Gasteiger partial charge in [0, 0.05) is 5.69 Å². The van der Waals surface area contributed by atoms with Crippen LogP contribution in [0.25, 0.3) is 11.1 Å². The van der Waals surface area contributed by atoms with E-state index in [0.29, 0.717) is 18.0 Å². The van der Waals surface area contributed by atoms with Crippen molar-refractivity contribution in [3.63, 3.8) is 0 Å². The number of nitrogens with one attached hydrogen (secondary N) is 1. The SMILES string of the molecule is CC(Oc1ccc(-c2ccccc2)cc1)C(=O)Nc1ccc(OCc2ccccc2)cc1. The molecule has 1 atom stereocenters. The Bertz CT molecular complexity index is 1120. The fourth-order valence-corrected chi connectivity index (χ4v) is 3.23. The minimum absolute atomic E-state index is 0.213. The van der Waals surface area contributed by atoms with Crippen molar-refractivity contribution >= 4 is 11.6 Å². The van der Waals surface area contributed by atoms with Gasteiger partial charge in [0.25, 0.3) is 5.91 Å². The third-order valence-electron chi connectivity index (χ3n) is 5.01. The van der Waals surface area contributed by atoms with Crippen LogP contribution in [0.1, 0.15) is 12.5 Å². The summed E-state index contributed by atoms with van der Waals surface area (Å²) in [6.07, 6.45) is -0.633. The van der Waals surface area contributed by atoms with E-state index in [2.05, 4.69) is 17.4 Å². The van der Waals surface area contributed by atoms with Crippen LogP contribution < -0.4 is 14.8 Å². The summed E-state index contributed by atoms with van der Waals surface area (Å²) in [5, 5.41) is 2.88. The Labute approximate surface area is 188 Å². The van der Waals surface area contributed by atoms with E-state index in [9.17, 15) is 4.79 Å². The summed E-state index contributed by atoms with van der Waals surface area (Å²) in [6.45, 7) is 2.23. The maximum absolute atomic E-state index is 12.5. The summed E-state index contributed by atoms with van der Waals surface area (Å²) >= 11 is 0. The normalized spacial score (nSPS) is 11.4. The average molecular weight is 424 g/mol. The summed E-state index contributed by atoms with van der Waals surface area (Å²) in [5.74, 6) is 1.18. The average Bonchev–Trinajstić information content (AvgIpc) is 2.85. The highest BCUT2D eigenvalue weighted by Crippen LogP contribution is 2.23. The number of hydrogen-bond acceptors (Lipinski definition) is 3. The van der Waals surface area contributed by atoms with Crippen molar-refractivity contribution in [3.8, 4) is 22.6 Å². The first kappa shape index (κ1) is 21.2. The van der Waals surface area contributed by atoms with Crippen LogP contribution >= 0.6 is 0 Å². The molecule has 0 heterocycles. The number of ether oxygens (including phenoxy) is 2. The van der Waals surface area contributed by atoms with Crippen molar-refractivity contribution in [1.82, 2.24) is 0 Å². The molecule has 1 N–H and O–H groups in total. The van der Waals surface area contributed by atoms with E-state index in [-0.39, 0.29) is 5.91 Å². The van der Waals surface area contributed by atoms with Gasteiger partial charge in [0.2, 0.25) is 0 Å². The van der Waals surface area contributed by atoms with E-state index >= 15 is 0 Å². The summed E-state index contributed by atoms with van der Waals surface area (Å²) in [7, 11) is 0. The molecular formula is C28H25NO3. The van der Waals surface area contributed by atoms with E-state index in [1.165, 1.54) is 0 Å². The third kappa shape index (κ3) is 5.76. The Kier molecular flexibility index (Phi) is 6.83. The van der Waals surface area contributed by atoms with Crippen LogP contribution in [0.2, 0.25) is 0 Å². The minimum Gasteiger partial charge on any atom is -0.489 e. The third-order valence-corrected chi connectivity index (χ3v) is 5.01. The molecule has 0 aliphatic heterocycles. The van der Waals surface area contributed by atoms with E-state index in [1.807, 2.05) is 97.1 Å². The van der Waals surface area contributed by atoms with Crippen LogP contribution in [0.3, 0.4) is 0 Å². The summed E-state index contributed by atoms with van der Waals surface area (Å²) < 4.78 is 11.6. The van der Waals surface area contributed by atoms with Gasteiger partial charge in [-0.15, -0.1) is 0 Å². The van der Waals surface area contributed by atoms with Crippen molar-refractivity contribution < 1.29 is 14.3 Å². The molecule has 0 aliphatic rings. The van der Waals surface area contributed by atoms with E-state index in [0.717, 1.165) is 22.4 Å². The number of rotatable bonds is 8. The maximum Gasteiger partial charge on any atom is 0.265 e. The molecule has 0 bridgehead atoms. The van der Waals surface area contributed by atoms with Crippen LogP contribution in [0.4, 0.5) is 5.69 Å². The van der Waals surface area contributed by atoms with Crippen LogP contribution in [0.15, 0.2) is 109 Å². The second-order valence-electron chi connectivity index (χ2n) is 7.44. The minimum atomic E-state index is -0.633. The van der Waals surface area contributed by atoms with Gasteiger partial charge in [-0.25, -0.2) is 0 Å². The lowest BCUT2D eigenvalue weighted by Crippen LogP contribution is -2.30. The van der Waals surface area contributed by atoms with Gasteiger partial charge in [-0.1, -0.05) is 72.8 Å². The second-order valence-corrected chi connectivity index (χ2v) is 7.44. The van der Waals surface area contributed by atoms with Gasteiger partial charge in [-0.3, -0.25) is 4.79 Å². The predicted octanol–water partition coefficient (Wildman–Crippen LogP) is 6.34. The molecular weight excluding hydrogens is 398 g/mol. The molecule has 32 heavy (non-hydrogen) atoms. The molecule has 4 nitrogen and oxygen atoms in total. The van der Waals surface area contributed by atoms with Crippen LogP contribution in [0.5, 0.6) is 11.5 Å². The number of hydrogen-bond donors (Lipinski definition) is 1. The molecule has 1 amide bonds. The van der Waals surface area contributed by atoms with Gasteiger partial charge in [-0.2, -0.15) is 0 Å². The number of anilines is 1. The fraction of sp³-hybridized carbons (Fsp3) is 0.107. The van der Waals surface area contributed by atoms with Gasteiger partial charge >= 0.3 is 0 Å². The van der Waals surface area contributed by atoms with Gasteiger partial charge < -0.3 is 14.8 Å². The predicted molar refractivity (Wildman–Crippen MR) is 128 cm³/mol. The zero-order valence-electron chi connectivity index (χ0n) is 17.9. The Hall–Kier alpha value is -4.05. The largest absolute Gasteiger partial charge is 0.489 e. The molecule has 0 saturated carbocycles. The molecule has 0 fully saturated rings. The standard InChI is InChI=1S/C28H25NO3/c1-21(32-27-16-12-24(13-17-27)23-10-6-3-7-11-23)28(30)29-25-14-18-26(19-15-25)31-20-22-8-4-2-5-9-22/h2-19,21H,20H2,1H3,(H,29,30). The number of carbonyl (C=O) groups excluding carboxylic acids is 1. The first-order valence-electron chi connectivity index (χ1n) is 10.6. The molecule has 160 valence electrons. The number of benzene rings is 4. The van der Waals surface area contributed by atoms with Crippen LogP contribution in [0, 0.1) is 0 Å². The van der Waals surface area contributed by atoms with Crippen molar-refractivity contribution in [2.45, 2.75) is 19.6 Å². The van der Waals surface area contributed by atoms with Gasteiger partial charge in [-0.05, 0) is 60.0 Å². The molecule has 0 spiro atoms. The number of carbonyl (C=O) groups is 1. The first-order valence-corrected chi connectivity index (χ1v) is 10.6. The zero-order valence-corrected chi connectivity index (χ0v) is 17.9. The Morgan fingerprint density at radius 2 is 1.28 bits per heavy atom. The van der Waals surface area contributed by atoms with Gasteiger partial charge in [0.15, 0.2) is 6.10 Å². The molecule has 0 aliphatic carbocycles. The zero-order chi connectivity index (χ0) is 22.2. The topological polar surface area (TPSA) is 47.6 Å². The highest BCUT2D eigenvalue weighted by atomic mass is 16.5. The monoisotopic (exact) mass is 423 g/mol. The smallest absolute Gasteiger partial charge is 0.265 e. The molecule has 0 radical (unpaired) electrons. The van der Waals surface area contributed by atoms with E-state index in [1.54, 1.807) is 6.92 Å². The van der Waals surface area contributed by atoms with Crippen LogP contribution in [-0.4, -0.2) is 12.0 Å². The molecule has 0 aromatic heterocycles. The number of amides is 1. The summed E-state index contributed by atoms with van der Waals surface area (Å²) in [4.78, 5) is 12.5. The summed E-state index contributed by atoms with van der Waals surface area (Å²) in [5.41, 5.74) is 4.04. The molecule has 1 unspecified atom stereocenters. The lowest BCUT2D eigenvalue weighted by Gasteiger charge is -2.15. The first-order chi connectivity index (χ1) is 15.7. The molecule has 0 saturated heterocycles. The second kappa shape index (κ2) is 10.3. The van der Waals surface area contributed by atoms with E-state index in [4.69, 9.17) is 9.47 Å². The molecule has 4 aromatic carbocycles. The van der Waals surface area contributed by atoms with Crippen molar-refractivity contribution in [1.29, 1.82) is 0 Å². The Morgan fingerprint density at radius 3 is 1.94 bits per heavy atom. The lowest BCUT2D eigenvalue weighted by atomic mass is 10.1. The fourth-order valence-electron chi connectivity index (χ4n) is 3.23. The molecule has 4 rings (SSSR count). The lowest BCUT2D eigenvalue weighted by molar-refractivity contribution is -0.122. The highest BCUT2D eigenvalue weighted by molar-refractivity contribution is 5.94. The quantitative estimate of drug-likeness (QED) is 0.360. The van der Waals surface area contributed by atoms with Gasteiger partial charge in [0.1, 0.15) is 18.1 Å². The maximum atomic E-state index is 12.5. The van der Waals surface area contributed by atoms with E-state index < -0.39 is 6.10 Å². The summed E-state index contributed by atoms with van der Waals surface area (Å²) in [6, 6.07) is 35.2. The molecule has 4 aromatic rings. The highest BCUT2D eigenvalue weighted by Gasteiger charge is 2.15. The Morgan fingerprint density at radius 1 is 0.719 bits per heavy atom. The molecule has 4 heteroatoms. The van der Waals surface area contributed by atoms with Crippen molar-refractivity contribution in [2.24, 2.45) is 0 Å².